The first-order valence-electron chi connectivity index (χ1n) is 5.81. The van der Waals surface area contributed by atoms with Gasteiger partial charge < -0.3 is 0 Å². The monoisotopic (exact) mass is 285 g/mol. The van der Waals surface area contributed by atoms with Crippen molar-refractivity contribution in [2.24, 2.45) is 0 Å². The third-order valence-corrected chi connectivity index (χ3v) is 2.88. The molecule has 21 heavy (non-hydrogen) atoms. The van der Waals surface area contributed by atoms with E-state index < -0.39 is 9.85 Å². The zero-order chi connectivity index (χ0) is 15.0. The van der Waals surface area contributed by atoms with Crippen LogP contribution in [-0.2, 0) is 0 Å². The lowest BCUT2D eigenvalue weighted by molar-refractivity contribution is -0.384. The molecule has 0 bridgehead atoms. The molecule has 0 spiro atoms. The highest BCUT2D eigenvalue weighted by atomic mass is 16.6. The molecular weight excluding hydrogens is 278 g/mol. The molecule has 3 rings (SSSR count). The van der Waals surface area contributed by atoms with Gasteiger partial charge in [0.2, 0.25) is 5.65 Å². The van der Waals surface area contributed by atoms with Crippen molar-refractivity contribution in [3.8, 4) is 11.4 Å². The number of nitro groups is 2. The Bertz CT molecular complexity index is 873. The molecule has 2 aromatic heterocycles. The molecule has 0 fully saturated rings. The molecule has 1 aromatic carbocycles. The van der Waals surface area contributed by atoms with Crippen molar-refractivity contribution in [1.29, 1.82) is 0 Å². The summed E-state index contributed by atoms with van der Waals surface area (Å²) in [5.41, 5.74) is -0.123. The van der Waals surface area contributed by atoms with Crippen molar-refractivity contribution >= 4 is 17.0 Å². The molecule has 2 heterocycles. The van der Waals surface area contributed by atoms with Gasteiger partial charge in [0.1, 0.15) is 0 Å². The second-order valence-electron chi connectivity index (χ2n) is 4.13. The fourth-order valence-corrected chi connectivity index (χ4v) is 1.97. The highest BCUT2D eigenvalue weighted by Crippen LogP contribution is 2.28. The topological polar surface area (TPSA) is 116 Å². The van der Waals surface area contributed by atoms with Crippen LogP contribution in [0.15, 0.2) is 42.6 Å². The maximum atomic E-state index is 11.0. The van der Waals surface area contributed by atoms with E-state index in [1.165, 1.54) is 41.0 Å². The Kier molecular flexibility index (Phi) is 2.79. The molecule has 0 radical (unpaired) electrons. The number of pyridine rings is 1. The fraction of sp³-hybridized carbons (Fsp3) is 0. The van der Waals surface area contributed by atoms with Crippen molar-refractivity contribution in [3.05, 3.63) is 62.8 Å². The molecule has 9 heteroatoms. The highest BCUT2D eigenvalue weighted by Gasteiger charge is 2.21. The van der Waals surface area contributed by atoms with Crippen LogP contribution >= 0.6 is 0 Å². The van der Waals surface area contributed by atoms with Crippen molar-refractivity contribution < 1.29 is 9.85 Å². The number of hydrogen-bond donors (Lipinski definition) is 0. The summed E-state index contributed by atoms with van der Waals surface area (Å²) in [7, 11) is 0. The summed E-state index contributed by atoms with van der Waals surface area (Å²) < 4.78 is 1.23. The number of hydrogen-bond acceptors (Lipinski definition) is 6. The number of rotatable bonds is 3. The Morgan fingerprint density at radius 1 is 0.952 bits per heavy atom. The van der Waals surface area contributed by atoms with Crippen LogP contribution in [0.3, 0.4) is 0 Å². The van der Waals surface area contributed by atoms with Crippen LogP contribution in [0.4, 0.5) is 11.4 Å². The van der Waals surface area contributed by atoms with Gasteiger partial charge >= 0.3 is 5.69 Å². The maximum Gasteiger partial charge on any atom is 0.313 e. The van der Waals surface area contributed by atoms with E-state index >= 15 is 0 Å². The molecule has 0 aliphatic rings. The number of aromatic nitrogens is 3. The van der Waals surface area contributed by atoms with Crippen LogP contribution in [0.25, 0.3) is 17.0 Å². The average Bonchev–Trinajstić information content (AvgIpc) is 2.90. The minimum atomic E-state index is -0.576. The van der Waals surface area contributed by atoms with E-state index in [2.05, 4.69) is 10.1 Å². The van der Waals surface area contributed by atoms with Gasteiger partial charge in [-0.25, -0.2) is 9.50 Å². The molecule has 0 saturated heterocycles. The molecule has 0 unspecified atom stereocenters. The molecule has 0 saturated carbocycles. The maximum absolute atomic E-state index is 11.0. The van der Waals surface area contributed by atoms with Gasteiger partial charge in [0.15, 0.2) is 5.82 Å². The number of para-hydroxylation sites is 1. The summed E-state index contributed by atoms with van der Waals surface area (Å²) in [6, 6.07) is 8.73. The van der Waals surface area contributed by atoms with E-state index in [4.69, 9.17) is 0 Å². The first-order chi connectivity index (χ1) is 10.1. The van der Waals surface area contributed by atoms with Gasteiger partial charge in [0.25, 0.3) is 5.69 Å². The van der Waals surface area contributed by atoms with Gasteiger partial charge in [0.05, 0.1) is 15.4 Å². The second-order valence-corrected chi connectivity index (χ2v) is 4.13. The third kappa shape index (κ3) is 2.06. The predicted octanol–water partition coefficient (Wildman–Crippen LogP) is 2.21. The summed E-state index contributed by atoms with van der Waals surface area (Å²) in [4.78, 5) is 24.9. The predicted molar refractivity (Wildman–Crippen MR) is 71.7 cm³/mol. The van der Waals surface area contributed by atoms with Gasteiger partial charge in [0, 0.05) is 18.3 Å². The summed E-state index contributed by atoms with van der Waals surface area (Å²) in [6.45, 7) is 0. The molecule has 3 aromatic rings. The van der Waals surface area contributed by atoms with Crippen LogP contribution < -0.4 is 0 Å². The zero-order valence-corrected chi connectivity index (χ0v) is 10.4. The SMILES string of the molecule is O=[N+]([O-])c1ccccc1-c1nc2c([N+](=O)[O-])cccn2n1. The first kappa shape index (κ1) is 12.7. The molecule has 0 aliphatic carbocycles. The minimum absolute atomic E-state index is 0.0376. The van der Waals surface area contributed by atoms with Crippen molar-refractivity contribution in [3.63, 3.8) is 0 Å². The Balaban J connectivity index is 2.26. The third-order valence-electron chi connectivity index (χ3n) is 2.88. The van der Waals surface area contributed by atoms with E-state index in [1.54, 1.807) is 6.07 Å². The van der Waals surface area contributed by atoms with Gasteiger partial charge in [-0.05, 0) is 12.1 Å². The van der Waals surface area contributed by atoms with E-state index in [9.17, 15) is 20.2 Å². The van der Waals surface area contributed by atoms with Crippen molar-refractivity contribution in [2.75, 3.05) is 0 Å². The lowest BCUT2D eigenvalue weighted by Crippen LogP contribution is -1.93. The molecule has 0 aliphatic heterocycles. The van der Waals surface area contributed by atoms with Crippen LogP contribution in [0.5, 0.6) is 0 Å². The van der Waals surface area contributed by atoms with Crippen molar-refractivity contribution in [1.82, 2.24) is 14.6 Å². The summed E-state index contributed by atoms with van der Waals surface area (Å²) in [5.74, 6) is 0.0663. The second kappa shape index (κ2) is 4.63. The summed E-state index contributed by atoms with van der Waals surface area (Å²) in [6.07, 6.45) is 1.49. The normalized spacial score (nSPS) is 10.7. The zero-order valence-electron chi connectivity index (χ0n) is 10.4. The van der Waals surface area contributed by atoms with Crippen LogP contribution in [0, 0.1) is 20.2 Å². The molecule has 9 nitrogen and oxygen atoms in total. The quantitative estimate of drug-likeness (QED) is 0.538. The van der Waals surface area contributed by atoms with E-state index in [-0.39, 0.29) is 28.4 Å². The summed E-state index contributed by atoms with van der Waals surface area (Å²) >= 11 is 0. The van der Waals surface area contributed by atoms with Gasteiger partial charge in [-0.2, -0.15) is 0 Å². The van der Waals surface area contributed by atoms with Crippen molar-refractivity contribution in [2.45, 2.75) is 0 Å². The molecule has 0 atom stereocenters. The van der Waals surface area contributed by atoms with Crippen LogP contribution in [-0.4, -0.2) is 24.4 Å². The minimum Gasteiger partial charge on any atom is -0.258 e. The first-order valence-corrected chi connectivity index (χ1v) is 5.81. The molecule has 0 N–H and O–H groups in total. The van der Waals surface area contributed by atoms with Gasteiger partial charge in [-0.3, -0.25) is 20.2 Å². The van der Waals surface area contributed by atoms with Gasteiger partial charge in [-0.1, -0.05) is 12.1 Å². The lowest BCUT2D eigenvalue weighted by atomic mass is 10.2. The molecule has 104 valence electrons. The Hall–Kier alpha value is -3.36. The smallest absolute Gasteiger partial charge is 0.258 e. The standard InChI is InChI=1S/C12H7N5O4/c18-16(19)9-5-2-1-4-8(9)11-13-12-10(17(20)21)6-3-7-15(12)14-11/h1-7H. The highest BCUT2D eigenvalue weighted by molar-refractivity contribution is 5.71. The Labute approximate surface area is 116 Å². The number of fused-ring (bicyclic) bond motifs is 1. The number of nitro benzene ring substituents is 1. The van der Waals surface area contributed by atoms with Crippen LogP contribution in [0.1, 0.15) is 0 Å². The average molecular weight is 285 g/mol. The fourth-order valence-electron chi connectivity index (χ4n) is 1.97. The summed E-state index contributed by atoms with van der Waals surface area (Å²) in [5, 5.41) is 26.0. The number of benzene rings is 1. The van der Waals surface area contributed by atoms with E-state index in [0.717, 1.165) is 0 Å². The Morgan fingerprint density at radius 3 is 2.33 bits per heavy atom. The molecule has 0 amide bonds. The largest absolute Gasteiger partial charge is 0.313 e. The van der Waals surface area contributed by atoms with Crippen LogP contribution in [0.2, 0.25) is 0 Å². The van der Waals surface area contributed by atoms with E-state index in [0.29, 0.717) is 0 Å². The Morgan fingerprint density at radius 2 is 1.62 bits per heavy atom. The lowest BCUT2D eigenvalue weighted by Gasteiger charge is -1.96. The number of nitrogens with zero attached hydrogens (tertiary/aromatic N) is 5. The van der Waals surface area contributed by atoms with Gasteiger partial charge in [-0.15, -0.1) is 5.10 Å². The van der Waals surface area contributed by atoms with E-state index in [1.807, 2.05) is 0 Å². The molecular formula is C12H7N5O4.